The van der Waals surface area contributed by atoms with E-state index in [-0.39, 0.29) is 23.8 Å². The van der Waals surface area contributed by atoms with E-state index in [9.17, 15) is 18.0 Å². The maximum absolute atomic E-state index is 12.8. The van der Waals surface area contributed by atoms with Crippen LogP contribution in [0, 0.1) is 6.92 Å². The van der Waals surface area contributed by atoms with Crippen molar-refractivity contribution in [3.8, 4) is 5.75 Å². The first kappa shape index (κ1) is 21.6. The van der Waals surface area contributed by atoms with Gasteiger partial charge in [-0.05, 0) is 49.6 Å². The minimum Gasteiger partial charge on any atom is -0.482 e. The molecule has 2 aliphatic heterocycles. The van der Waals surface area contributed by atoms with E-state index in [2.05, 4.69) is 5.32 Å². The number of sulfonamides is 1. The highest BCUT2D eigenvalue weighted by Crippen LogP contribution is 2.35. The van der Waals surface area contributed by atoms with Crippen molar-refractivity contribution in [1.82, 2.24) is 4.31 Å². The molecule has 164 valence electrons. The molecule has 4 rings (SSSR count). The number of hydrogen-bond donors (Lipinski definition) is 1. The van der Waals surface area contributed by atoms with Crippen molar-refractivity contribution in [2.24, 2.45) is 0 Å². The molecule has 0 atom stereocenters. The van der Waals surface area contributed by atoms with Crippen LogP contribution in [0.1, 0.15) is 18.4 Å². The Balaban J connectivity index is 1.55. The van der Waals surface area contributed by atoms with Gasteiger partial charge in [0.25, 0.3) is 5.91 Å². The maximum atomic E-state index is 12.8. The molecule has 8 nitrogen and oxygen atoms in total. The largest absolute Gasteiger partial charge is 0.482 e. The van der Waals surface area contributed by atoms with Crippen LogP contribution in [0.4, 0.5) is 11.4 Å². The highest BCUT2D eigenvalue weighted by atomic mass is 35.5. The Bertz CT molecular complexity index is 1150. The Kier molecular flexibility index (Phi) is 5.92. The quantitative estimate of drug-likeness (QED) is 0.735. The lowest BCUT2D eigenvalue weighted by Crippen LogP contribution is -2.43. The van der Waals surface area contributed by atoms with E-state index in [1.807, 2.05) is 13.0 Å². The van der Waals surface area contributed by atoms with Crippen LogP contribution < -0.4 is 15.0 Å². The SMILES string of the molecule is Cc1ccc(NC(=O)CN2C(=O)COc3cc(S(=O)(=O)N4CCCC4)ccc32)c(Cl)c1. The van der Waals surface area contributed by atoms with Crippen molar-refractivity contribution >= 4 is 44.8 Å². The summed E-state index contributed by atoms with van der Waals surface area (Å²) in [6.45, 7) is 2.34. The zero-order valence-corrected chi connectivity index (χ0v) is 18.5. The van der Waals surface area contributed by atoms with Crippen LogP contribution in [-0.2, 0) is 19.6 Å². The maximum Gasteiger partial charge on any atom is 0.265 e. The predicted octanol–water partition coefficient (Wildman–Crippen LogP) is 2.80. The average Bonchev–Trinajstić information content (AvgIpc) is 3.28. The van der Waals surface area contributed by atoms with Crippen LogP contribution in [0.25, 0.3) is 0 Å². The molecule has 2 amide bonds. The fourth-order valence-corrected chi connectivity index (χ4v) is 5.47. The summed E-state index contributed by atoms with van der Waals surface area (Å²) in [5.74, 6) is -0.574. The van der Waals surface area contributed by atoms with E-state index < -0.39 is 21.8 Å². The van der Waals surface area contributed by atoms with Gasteiger partial charge in [0.2, 0.25) is 15.9 Å². The zero-order chi connectivity index (χ0) is 22.2. The van der Waals surface area contributed by atoms with Crippen molar-refractivity contribution in [3.63, 3.8) is 0 Å². The predicted molar refractivity (Wildman–Crippen MR) is 117 cm³/mol. The number of aryl methyl sites for hydroxylation is 1. The van der Waals surface area contributed by atoms with E-state index >= 15 is 0 Å². The van der Waals surface area contributed by atoms with Crippen LogP contribution in [0.2, 0.25) is 5.02 Å². The minimum absolute atomic E-state index is 0.110. The monoisotopic (exact) mass is 463 g/mol. The number of fused-ring (bicyclic) bond motifs is 1. The number of amides is 2. The summed E-state index contributed by atoms with van der Waals surface area (Å²) in [5.41, 5.74) is 1.76. The van der Waals surface area contributed by atoms with Crippen LogP contribution in [0.15, 0.2) is 41.3 Å². The molecule has 1 saturated heterocycles. The Morgan fingerprint density at radius 1 is 1.16 bits per heavy atom. The molecule has 0 radical (unpaired) electrons. The number of halogens is 1. The number of ether oxygens (including phenoxy) is 1. The number of carbonyl (C=O) groups excluding carboxylic acids is 2. The Morgan fingerprint density at radius 3 is 2.61 bits per heavy atom. The molecule has 1 fully saturated rings. The van der Waals surface area contributed by atoms with Gasteiger partial charge in [0.15, 0.2) is 6.61 Å². The minimum atomic E-state index is -3.62. The van der Waals surface area contributed by atoms with Crippen molar-refractivity contribution in [2.45, 2.75) is 24.7 Å². The molecule has 2 aliphatic rings. The van der Waals surface area contributed by atoms with Crippen LogP contribution in [0.3, 0.4) is 0 Å². The molecular weight excluding hydrogens is 442 g/mol. The second-order valence-electron chi connectivity index (χ2n) is 7.54. The molecule has 0 spiro atoms. The van der Waals surface area contributed by atoms with Gasteiger partial charge in [0.1, 0.15) is 12.3 Å². The van der Waals surface area contributed by atoms with Crippen LogP contribution in [-0.4, -0.2) is 50.8 Å². The number of nitrogens with zero attached hydrogens (tertiary/aromatic N) is 2. The number of benzene rings is 2. The van der Waals surface area contributed by atoms with Gasteiger partial charge in [0, 0.05) is 19.2 Å². The lowest BCUT2D eigenvalue weighted by Gasteiger charge is -2.29. The Hall–Kier alpha value is -2.62. The standard InChI is InChI=1S/C21H22ClN3O5S/c1-14-4-6-17(16(22)10-14)23-20(26)12-25-18-7-5-15(11-19(18)30-13-21(25)27)31(28,29)24-8-2-3-9-24/h4-7,10-11H,2-3,8-9,12-13H2,1H3,(H,23,26). The van der Waals surface area contributed by atoms with Crippen LogP contribution in [0.5, 0.6) is 5.75 Å². The first-order valence-electron chi connectivity index (χ1n) is 9.89. The molecule has 0 bridgehead atoms. The van der Waals surface area contributed by atoms with Gasteiger partial charge >= 0.3 is 0 Å². The zero-order valence-electron chi connectivity index (χ0n) is 16.9. The molecule has 10 heteroatoms. The third-order valence-electron chi connectivity index (χ3n) is 5.28. The van der Waals surface area contributed by atoms with Gasteiger partial charge in [0.05, 0.1) is 21.3 Å². The molecule has 31 heavy (non-hydrogen) atoms. The van der Waals surface area contributed by atoms with Gasteiger partial charge in [-0.2, -0.15) is 4.31 Å². The molecule has 2 aromatic carbocycles. The van der Waals surface area contributed by atoms with Gasteiger partial charge in [-0.15, -0.1) is 0 Å². The molecular formula is C21H22ClN3O5S. The van der Waals surface area contributed by atoms with Crippen LogP contribution >= 0.6 is 11.6 Å². The van der Waals surface area contributed by atoms with E-state index in [0.717, 1.165) is 18.4 Å². The van der Waals surface area contributed by atoms with Crippen molar-refractivity contribution in [3.05, 3.63) is 47.0 Å². The van der Waals surface area contributed by atoms with Gasteiger partial charge in [-0.3, -0.25) is 14.5 Å². The second-order valence-corrected chi connectivity index (χ2v) is 9.89. The number of anilines is 2. The van der Waals surface area contributed by atoms with Crippen molar-refractivity contribution < 1.29 is 22.7 Å². The molecule has 0 aliphatic carbocycles. The lowest BCUT2D eigenvalue weighted by atomic mass is 10.2. The van der Waals surface area contributed by atoms with Gasteiger partial charge in [-0.1, -0.05) is 17.7 Å². The first-order chi connectivity index (χ1) is 14.8. The fourth-order valence-electron chi connectivity index (χ4n) is 3.65. The molecule has 0 aromatic heterocycles. The normalized spacial score (nSPS) is 16.7. The third kappa shape index (κ3) is 4.39. The van der Waals surface area contributed by atoms with E-state index in [1.165, 1.54) is 27.4 Å². The van der Waals surface area contributed by atoms with Gasteiger partial charge in [-0.25, -0.2) is 8.42 Å². The molecule has 1 N–H and O–H groups in total. The van der Waals surface area contributed by atoms with Crippen molar-refractivity contribution in [1.29, 1.82) is 0 Å². The van der Waals surface area contributed by atoms with E-state index in [4.69, 9.17) is 16.3 Å². The summed E-state index contributed by atoms with van der Waals surface area (Å²) in [4.78, 5) is 26.4. The molecule has 0 saturated carbocycles. The number of carbonyl (C=O) groups is 2. The number of nitrogens with one attached hydrogen (secondary N) is 1. The average molecular weight is 464 g/mol. The fraction of sp³-hybridized carbons (Fsp3) is 0.333. The number of hydrogen-bond acceptors (Lipinski definition) is 5. The second kappa shape index (κ2) is 8.49. The van der Waals surface area contributed by atoms with Crippen molar-refractivity contribution in [2.75, 3.05) is 36.5 Å². The summed E-state index contributed by atoms with van der Waals surface area (Å²) < 4.78 is 32.5. The topological polar surface area (TPSA) is 96.0 Å². The highest BCUT2D eigenvalue weighted by Gasteiger charge is 2.32. The molecule has 0 unspecified atom stereocenters. The molecule has 2 heterocycles. The lowest BCUT2D eigenvalue weighted by molar-refractivity contribution is -0.123. The first-order valence-corrected chi connectivity index (χ1v) is 11.7. The summed E-state index contributed by atoms with van der Waals surface area (Å²) in [5, 5.41) is 3.10. The van der Waals surface area contributed by atoms with E-state index in [1.54, 1.807) is 12.1 Å². The summed E-state index contributed by atoms with van der Waals surface area (Å²) in [6, 6.07) is 9.60. The highest BCUT2D eigenvalue weighted by molar-refractivity contribution is 7.89. The summed E-state index contributed by atoms with van der Waals surface area (Å²) in [7, 11) is -3.62. The smallest absolute Gasteiger partial charge is 0.265 e. The number of rotatable bonds is 5. The van der Waals surface area contributed by atoms with E-state index in [0.29, 0.717) is 29.5 Å². The summed E-state index contributed by atoms with van der Waals surface area (Å²) >= 11 is 6.16. The third-order valence-corrected chi connectivity index (χ3v) is 7.48. The molecule has 2 aromatic rings. The van der Waals surface area contributed by atoms with Gasteiger partial charge < -0.3 is 10.1 Å². The summed E-state index contributed by atoms with van der Waals surface area (Å²) in [6.07, 6.45) is 1.67. The Labute approximate surface area is 185 Å². The Morgan fingerprint density at radius 2 is 1.90 bits per heavy atom.